The zero-order valence-corrected chi connectivity index (χ0v) is 13.2. The van der Waals surface area contributed by atoms with E-state index >= 15 is 0 Å². The van der Waals surface area contributed by atoms with Crippen LogP contribution in [0.3, 0.4) is 0 Å². The van der Waals surface area contributed by atoms with Crippen molar-refractivity contribution in [2.45, 2.75) is 45.3 Å². The average Bonchev–Trinajstić information content (AvgIpc) is 2.97. The van der Waals surface area contributed by atoms with Crippen molar-refractivity contribution in [1.29, 1.82) is 0 Å². The van der Waals surface area contributed by atoms with E-state index in [1.54, 1.807) is 11.0 Å². The molecular formula is C16H22ClN3O. The molecule has 21 heavy (non-hydrogen) atoms. The predicted molar refractivity (Wildman–Crippen MR) is 84.3 cm³/mol. The summed E-state index contributed by atoms with van der Waals surface area (Å²) in [5.41, 5.74) is 1.22. The SMILES string of the molecule is CC(C)C(O)C(CCCc1cccc(Cl)c1)n1cncn1. The third-order valence-electron chi connectivity index (χ3n) is 3.71. The minimum Gasteiger partial charge on any atom is -0.391 e. The molecule has 2 aromatic rings. The minimum absolute atomic E-state index is 0.0355. The largest absolute Gasteiger partial charge is 0.391 e. The molecule has 1 N–H and O–H groups in total. The van der Waals surface area contributed by atoms with E-state index in [4.69, 9.17) is 11.6 Å². The van der Waals surface area contributed by atoms with Crippen molar-refractivity contribution in [1.82, 2.24) is 14.8 Å². The maximum atomic E-state index is 10.4. The molecule has 0 aliphatic heterocycles. The summed E-state index contributed by atoms with van der Waals surface area (Å²) in [6.07, 6.45) is 5.53. The molecule has 0 amide bonds. The van der Waals surface area contributed by atoms with Crippen LogP contribution in [0.4, 0.5) is 0 Å². The van der Waals surface area contributed by atoms with Gasteiger partial charge in [-0.2, -0.15) is 5.10 Å². The molecule has 2 rings (SSSR count). The average molecular weight is 308 g/mol. The summed E-state index contributed by atoms with van der Waals surface area (Å²) >= 11 is 6.00. The number of hydrogen-bond acceptors (Lipinski definition) is 3. The van der Waals surface area contributed by atoms with E-state index < -0.39 is 6.10 Å². The van der Waals surface area contributed by atoms with E-state index in [0.717, 1.165) is 24.3 Å². The van der Waals surface area contributed by atoms with Crippen molar-refractivity contribution >= 4 is 11.6 Å². The Bertz CT molecular complexity index is 542. The van der Waals surface area contributed by atoms with Crippen molar-refractivity contribution in [2.24, 2.45) is 5.92 Å². The van der Waals surface area contributed by atoms with E-state index in [0.29, 0.717) is 0 Å². The first-order valence-electron chi connectivity index (χ1n) is 7.34. The Morgan fingerprint density at radius 3 is 2.76 bits per heavy atom. The molecule has 0 aliphatic rings. The van der Waals surface area contributed by atoms with Crippen molar-refractivity contribution in [3.63, 3.8) is 0 Å². The van der Waals surface area contributed by atoms with E-state index in [2.05, 4.69) is 16.1 Å². The fraction of sp³-hybridized carbons (Fsp3) is 0.500. The van der Waals surface area contributed by atoms with Gasteiger partial charge in [-0.15, -0.1) is 0 Å². The normalized spacial score (nSPS) is 14.3. The van der Waals surface area contributed by atoms with Gasteiger partial charge in [0.2, 0.25) is 0 Å². The van der Waals surface area contributed by atoms with E-state index in [1.807, 2.05) is 32.0 Å². The summed E-state index contributed by atoms with van der Waals surface area (Å²) < 4.78 is 1.77. The Labute approximate surface area is 130 Å². The van der Waals surface area contributed by atoms with Crippen LogP contribution in [0.25, 0.3) is 0 Å². The molecule has 0 fully saturated rings. The van der Waals surface area contributed by atoms with Gasteiger partial charge < -0.3 is 5.11 Å². The third-order valence-corrected chi connectivity index (χ3v) is 3.94. The van der Waals surface area contributed by atoms with Gasteiger partial charge in [-0.3, -0.25) is 0 Å². The van der Waals surface area contributed by atoms with Crippen molar-refractivity contribution in [3.05, 3.63) is 47.5 Å². The number of rotatable bonds is 7. The Kier molecular flexibility index (Phi) is 5.76. The van der Waals surface area contributed by atoms with Crippen molar-refractivity contribution in [3.8, 4) is 0 Å². The van der Waals surface area contributed by atoms with Crippen LogP contribution in [0.15, 0.2) is 36.9 Å². The van der Waals surface area contributed by atoms with Gasteiger partial charge in [0.15, 0.2) is 0 Å². The highest BCUT2D eigenvalue weighted by Gasteiger charge is 2.24. The van der Waals surface area contributed by atoms with Crippen LogP contribution in [0.1, 0.15) is 38.3 Å². The Morgan fingerprint density at radius 2 is 2.14 bits per heavy atom. The number of halogens is 1. The van der Waals surface area contributed by atoms with Crippen LogP contribution in [-0.2, 0) is 6.42 Å². The quantitative estimate of drug-likeness (QED) is 0.851. The van der Waals surface area contributed by atoms with Gasteiger partial charge in [0, 0.05) is 5.02 Å². The molecule has 2 atom stereocenters. The summed E-state index contributed by atoms with van der Waals surface area (Å²) in [5.74, 6) is 0.186. The van der Waals surface area contributed by atoms with Gasteiger partial charge in [-0.25, -0.2) is 9.67 Å². The molecule has 114 valence electrons. The highest BCUT2D eigenvalue weighted by atomic mass is 35.5. The first-order chi connectivity index (χ1) is 10.1. The zero-order chi connectivity index (χ0) is 15.2. The zero-order valence-electron chi connectivity index (χ0n) is 12.5. The Balaban J connectivity index is 1.96. The fourth-order valence-corrected chi connectivity index (χ4v) is 2.71. The molecule has 0 saturated heterocycles. The summed E-state index contributed by atoms with van der Waals surface area (Å²) in [5, 5.41) is 15.3. The molecule has 1 aromatic heterocycles. The monoisotopic (exact) mass is 307 g/mol. The molecule has 2 unspecified atom stereocenters. The second kappa shape index (κ2) is 7.57. The van der Waals surface area contributed by atoms with Crippen molar-refractivity contribution in [2.75, 3.05) is 0 Å². The van der Waals surface area contributed by atoms with Gasteiger partial charge in [-0.05, 0) is 42.9 Å². The topological polar surface area (TPSA) is 50.9 Å². The number of aliphatic hydroxyl groups is 1. The molecule has 0 spiro atoms. The predicted octanol–water partition coefficient (Wildman–Crippen LogP) is 3.51. The van der Waals surface area contributed by atoms with Gasteiger partial charge >= 0.3 is 0 Å². The maximum Gasteiger partial charge on any atom is 0.137 e. The summed E-state index contributed by atoms with van der Waals surface area (Å²) in [7, 11) is 0. The van der Waals surface area contributed by atoms with E-state index in [-0.39, 0.29) is 12.0 Å². The Hall–Kier alpha value is -1.39. The number of aromatic nitrogens is 3. The first kappa shape index (κ1) is 16.0. The van der Waals surface area contributed by atoms with Crippen LogP contribution in [0, 0.1) is 5.92 Å². The lowest BCUT2D eigenvalue weighted by atomic mass is 9.94. The summed E-state index contributed by atoms with van der Waals surface area (Å²) in [6, 6.07) is 7.88. The van der Waals surface area contributed by atoms with Crippen LogP contribution in [0.2, 0.25) is 5.02 Å². The first-order valence-corrected chi connectivity index (χ1v) is 7.72. The number of hydrogen-bond donors (Lipinski definition) is 1. The number of nitrogens with zero attached hydrogens (tertiary/aromatic N) is 3. The van der Waals surface area contributed by atoms with Crippen molar-refractivity contribution < 1.29 is 5.11 Å². The molecule has 0 bridgehead atoms. The third kappa shape index (κ3) is 4.55. The van der Waals surface area contributed by atoms with Gasteiger partial charge in [0.1, 0.15) is 12.7 Å². The molecule has 5 heteroatoms. The van der Waals surface area contributed by atoms with Gasteiger partial charge in [0.25, 0.3) is 0 Å². The standard InChI is InChI=1S/C16H22ClN3O/c1-12(2)16(21)15(20-11-18-10-19-20)8-4-6-13-5-3-7-14(17)9-13/h3,5,7,9-12,15-16,21H,4,6,8H2,1-2H3. The maximum absolute atomic E-state index is 10.4. The molecule has 1 heterocycles. The molecular weight excluding hydrogens is 286 g/mol. The number of benzene rings is 1. The second-order valence-electron chi connectivity index (χ2n) is 5.70. The smallest absolute Gasteiger partial charge is 0.137 e. The number of aryl methyl sites for hydroxylation is 1. The minimum atomic E-state index is -0.425. The highest BCUT2D eigenvalue weighted by molar-refractivity contribution is 6.30. The van der Waals surface area contributed by atoms with E-state index in [9.17, 15) is 5.11 Å². The summed E-state index contributed by atoms with van der Waals surface area (Å²) in [4.78, 5) is 3.99. The Morgan fingerprint density at radius 1 is 1.33 bits per heavy atom. The molecule has 0 radical (unpaired) electrons. The van der Waals surface area contributed by atoms with Crippen LogP contribution >= 0.6 is 11.6 Å². The lowest BCUT2D eigenvalue weighted by Gasteiger charge is -2.25. The summed E-state index contributed by atoms with van der Waals surface area (Å²) in [6.45, 7) is 4.04. The lowest BCUT2D eigenvalue weighted by molar-refractivity contribution is 0.0589. The second-order valence-corrected chi connectivity index (χ2v) is 6.14. The van der Waals surface area contributed by atoms with Crippen LogP contribution in [0.5, 0.6) is 0 Å². The molecule has 0 aliphatic carbocycles. The molecule has 0 saturated carbocycles. The number of aliphatic hydroxyl groups excluding tert-OH is 1. The van der Waals surface area contributed by atoms with Crippen LogP contribution in [-0.4, -0.2) is 26.0 Å². The van der Waals surface area contributed by atoms with E-state index in [1.165, 1.54) is 11.9 Å². The lowest BCUT2D eigenvalue weighted by Crippen LogP contribution is -2.29. The fourth-order valence-electron chi connectivity index (χ4n) is 2.50. The molecule has 1 aromatic carbocycles. The van der Waals surface area contributed by atoms with Crippen LogP contribution < -0.4 is 0 Å². The molecule has 4 nitrogen and oxygen atoms in total. The highest BCUT2D eigenvalue weighted by Crippen LogP contribution is 2.24. The van der Waals surface area contributed by atoms with Gasteiger partial charge in [0.05, 0.1) is 12.1 Å². The van der Waals surface area contributed by atoms with Gasteiger partial charge in [-0.1, -0.05) is 37.6 Å².